The van der Waals surface area contributed by atoms with E-state index in [1.54, 1.807) is 18.3 Å². The van der Waals surface area contributed by atoms with Crippen LogP contribution in [0.15, 0.2) is 65.9 Å². The highest BCUT2D eigenvalue weighted by Crippen LogP contribution is 2.34. The molecule has 0 spiro atoms. The number of oxime groups is 1. The number of carboxylic acids is 1. The smallest absolute Gasteiger partial charge is 0.306 e. The molecular formula is C27H27F2N3O3. The first kappa shape index (κ1) is 24.3. The number of aliphatic carboxylic acids is 1. The molecule has 1 aliphatic rings. The molecule has 0 radical (unpaired) electrons. The second kappa shape index (κ2) is 10.6. The average Bonchev–Trinajstić information content (AvgIpc) is 2.86. The van der Waals surface area contributed by atoms with Gasteiger partial charge in [0.05, 0.1) is 11.6 Å². The average molecular weight is 480 g/mol. The number of pyridine rings is 1. The fourth-order valence-corrected chi connectivity index (χ4v) is 4.63. The van der Waals surface area contributed by atoms with Gasteiger partial charge in [-0.1, -0.05) is 23.4 Å². The third-order valence-corrected chi connectivity index (χ3v) is 6.59. The molecule has 2 heterocycles. The molecule has 0 saturated carbocycles. The highest BCUT2D eigenvalue weighted by molar-refractivity contribution is 6.00. The summed E-state index contributed by atoms with van der Waals surface area (Å²) in [4.78, 5) is 17.5. The van der Waals surface area contributed by atoms with Gasteiger partial charge >= 0.3 is 5.97 Å². The van der Waals surface area contributed by atoms with E-state index in [1.807, 2.05) is 31.2 Å². The van der Waals surface area contributed by atoms with Crippen molar-refractivity contribution in [2.24, 2.45) is 11.1 Å². The SMILES string of the molecule is Cc1cc(/C(C[C@@H](c2ccc(N3CCC(C(=O)O)CC3)cc2)c2ccc(F)cc2F)=N/O)ccn1. The molecule has 0 aliphatic carbocycles. The number of hydrogen-bond donors (Lipinski definition) is 2. The normalized spacial score (nSPS) is 15.7. The monoisotopic (exact) mass is 479 g/mol. The summed E-state index contributed by atoms with van der Waals surface area (Å²) < 4.78 is 28.5. The van der Waals surface area contributed by atoms with Gasteiger partial charge in [0.1, 0.15) is 11.6 Å². The van der Waals surface area contributed by atoms with E-state index in [4.69, 9.17) is 0 Å². The molecule has 1 aliphatic heterocycles. The fraction of sp³-hybridized carbons (Fsp3) is 0.296. The maximum Gasteiger partial charge on any atom is 0.306 e. The highest BCUT2D eigenvalue weighted by Gasteiger charge is 2.26. The number of carboxylic acid groups (broad SMARTS) is 1. The van der Waals surface area contributed by atoms with E-state index in [-0.39, 0.29) is 12.3 Å². The number of hydrogen-bond acceptors (Lipinski definition) is 5. The van der Waals surface area contributed by atoms with E-state index in [0.717, 1.165) is 23.0 Å². The van der Waals surface area contributed by atoms with Crippen molar-refractivity contribution in [3.05, 3.63) is 94.8 Å². The van der Waals surface area contributed by atoms with Crippen molar-refractivity contribution in [2.45, 2.75) is 32.1 Å². The van der Waals surface area contributed by atoms with Gasteiger partial charge in [0, 0.05) is 54.6 Å². The highest BCUT2D eigenvalue weighted by atomic mass is 19.1. The number of anilines is 1. The molecule has 1 atom stereocenters. The summed E-state index contributed by atoms with van der Waals surface area (Å²) in [5, 5.41) is 22.5. The van der Waals surface area contributed by atoms with Crippen molar-refractivity contribution in [1.82, 2.24) is 4.98 Å². The van der Waals surface area contributed by atoms with Crippen LogP contribution >= 0.6 is 0 Å². The van der Waals surface area contributed by atoms with E-state index in [2.05, 4.69) is 15.0 Å². The van der Waals surface area contributed by atoms with Crippen LogP contribution in [0.4, 0.5) is 14.5 Å². The van der Waals surface area contributed by atoms with Crippen LogP contribution in [-0.4, -0.2) is 40.1 Å². The molecule has 1 fully saturated rings. The Morgan fingerprint density at radius 3 is 2.43 bits per heavy atom. The van der Waals surface area contributed by atoms with Gasteiger partial charge in [-0.05, 0) is 61.2 Å². The Hall–Kier alpha value is -3.81. The van der Waals surface area contributed by atoms with Gasteiger partial charge in [-0.15, -0.1) is 0 Å². The Bertz CT molecular complexity index is 1220. The zero-order valence-corrected chi connectivity index (χ0v) is 19.4. The van der Waals surface area contributed by atoms with Crippen molar-refractivity contribution in [3.8, 4) is 0 Å². The van der Waals surface area contributed by atoms with Crippen molar-refractivity contribution in [1.29, 1.82) is 0 Å². The number of piperidine rings is 1. The van der Waals surface area contributed by atoms with Crippen LogP contribution in [0.25, 0.3) is 0 Å². The van der Waals surface area contributed by atoms with Gasteiger partial charge in [0.15, 0.2) is 0 Å². The van der Waals surface area contributed by atoms with Crippen LogP contribution in [0.1, 0.15) is 47.6 Å². The summed E-state index contributed by atoms with van der Waals surface area (Å²) in [6, 6.07) is 14.6. The summed E-state index contributed by atoms with van der Waals surface area (Å²) in [6.45, 7) is 3.12. The third-order valence-electron chi connectivity index (χ3n) is 6.59. The Labute approximate surface area is 202 Å². The summed E-state index contributed by atoms with van der Waals surface area (Å²) in [5.74, 6) is -2.93. The van der Waals surface area contributed by atoms with Crippen molar-refractivity contribution < 1.29 is 23.9 Å². The fourth-order valence-electron chi connectivity index (χ4n) is 4.63. The lowest BCUT2D eigenvalue weighted by Gasteiger charge is -2.32. The molecule has 2 aromatic carbocycles. The molecular weight excluding hydrogens is 452 g/mol. The van der Waals surface area contributed by atoms with Crippen molar-refractivity contribution in [2.75, 3.05) is 18.0 Å². The number of carbonyl (C=O) groups is 1. The minimum absolute atomic E-state index is 0.186. The number of rotatable bonds is 7. The third kappa shape index (κ3) is 5.65. The van der Waals surface area contributed by atoms with Gasteiger partial charge in [-0.25, -0.2) is 8.78 Å². The molecule has 0 unspecified atom stereocenters. The Balaban J connectivity index is 1.63. The lowest BCUT2D eigenvalue weighted by Crippen LogP contribution is -2.36. The maximum atomic E-state index is 14.9. The predicted octanol–water partition coefficient (Wildman–Crippen LogP) is 5.37. The minimum Gasteiger partial charge on any atom is -0.481 e. The second-order valence-corrected chi connectivity index (χ2v) is 8.85. The zero-order valence-electron chi connectivity index (χ0n) is 19.4. The van der Waals surface area contributed by atoms with Crippen LogP contribution < -0.4 is 4.90 Å². The van der Waals surface area contributed by atoms with Crippen LogP contribution in [0.2, 0.25) is 0 Å². The number of aryl methyl sites for hydroxylation is 1. The summed E-state index contributed by atoms with van der Waals surface area (Å²) in [7, 11) is 0. The molecule has 8 heteroatoms. The predicted molar refractivity (Wildman–Crippen MR) is 129 cm³/mol. The first-order valence-corrected chi connectivity index (χ1v) is 11.5. The Kier molecular flexibility index (Phi) is 7.39. The Morgan fingerprint density at radius 1 is 1.11 bits per heavy atom. The van der Waals surface area contributed by atoms with E-state index in [0.29, 0.717) is 42.8 Å². The van der Waals surface area contributed by atoms with E-state index >= 15 is 0 Å². The maximum absolute atomic E-state index is 14.9. The molecule has 3 aromatic rings. The molecule has 6 nitrogen and oxygen atoms in total. The second-order valence-electron chi connectivity index (χ2n) is 8.85. The van der Waals surface area contributed by atoms with Gasteiger partial charge in [-0.2, -0.15) is 0 Å². The van der Waals surface area contributed by atoms with Crippen LogP contribution in [0, 0.1) is 24.5 Å². The molecule has 182 valence electrons. The molecule has 1 saturated heterocycles. The van der Waals surface area contributed by atoms with Crippen LogP contribution in [0.5, 0.6) is 0 Å². The lowest BCUT2D eigenvalue weighted by molar-refractivity contribution is -0.142. The minimum atomic E-state index is -0.755. The van der Waals surface area contributed by atoms with Crippen molar-refractivity contribution >= 4 is 17.4 Å². The number of aromatic nitrogens is 1. The summed E-state index contributed by atoms with van der Waals surface area (Å²) in [6.07, 6.45) is 2.97. The van der Waals surface area contributed by atoms with E-state index < -0.39 is 23.5 Å². The van der Waals surface area contributed by atoms with E-state index in [9.17, 15) is 23.9 Å². The first-order valence-electron chi connectivity index (χ1n) is 11.5. The largest absolute Gasteiger partial charge is 0.481 e. The quantitative estimate of drug-likeness (QED) is 0.270. The summed E-state index contributed by atoms with van der Waals surface area (Å²) >= 11 is 0. The first-order chi connectivity index (χ1) is 16.9. The number of nitrogens with zero attached hydrogens (tertiary/aromatic N) is 3. The van der Waals surface area contributed by atoms with Gasteiger partial charge in [0.2, 0.25) is 0 Å². The van der Waals surface area contributed by atoms with Crippen LogP contribution in [0.3, 0.4) is 0 Å². The van der Waals surface area contributed by atoms with E-state index in [1.165, 1.54) is 12.1 Å². The molecule has 35 heavy (non-hydrogen) atoms. The molecule has 0 bridgehead atoms. The molecule has 2 N–H and O–H groups in total. The molecule has 1 aromatic heterocycles. The summed E-state index contributed by atoms with van der Waals surface area (Å²) in [5.41, 5.74) is 3.83. The molecule has 4 rings (SSSR count). The van der Waals surface area contributed by atoms with Crippen LogP contribution in [-0.2, 0) is 4.79 Å². The van der Waals surface area contributed by atoms with Gasteiger partial charge < -0.3 is 15.2 Å². The van der Waals surface area contributed by atoms with Gasteiger partial charge in [0.25, 0.3) is 0 Å². The molecule has 0 amide bonds. The number of halogens is 2. The van der Waals surface area contributed by atoms with Crippen molar-refractivity contribution in [3.63, 3.8) is 0 Å². The van der Waals surface area contributed by atoms with Gasteiger partial charge in [-0.3, -0.25) is 9.78 Å². The lowest BCUT2D eigenvalue weighted by atomic mass is 9.85. The topological polar surface area (TPSA) is 86.0 Å². The number of benzene rings is 2. The zero-order chi connectivity index (χ0) is 24.9. The standard InChI is InChI=1S/C27H27F2N3O3/c1-17-14-20(8-11-30-17)26(31-35)16-24(23-7-4-21(28)15-25(23)29)18-2-5-22(6-3-18)32-12-9-19(10-13-32)27(33)34/h2-8,11,14-15,19,24,35H,9-10,12-13,16H2,1H3,(H,33,34)/b31-26+/t24-/m0/s1. The Morgan fingerprint density at radius 2 is 1.83 bits per heavy atom.